The first kappa shape index (κ1) is 20.7. The maximum atomic E-state index is 13.5. The molecule has 1 aliphatic heterocycles. The smallest absolute Gasteiger partial charge is 0.295 e. The Kier molecular flexibility index (Phi) is 5.83. The number of Topliss-reactive ketones (excluding diaryl/α,β-unsaturated/α-hetero) is 1. The van der Waals surface area contributed by atoms with E-state index >= 15 is 0 Å². The van der Waals surface area contributed by atoms with Crippen LogP contribution in [0.4, 0.5) is 4.39 Å². The summed E-state index contributed by atoms with van der Waals surface area (Å²) in [6.45, 7) is 4.51. The van der Waals surface area contributed by atoms with E-state index in [9.17, 15) is 19.1 Å². The van der Waals surface area contributed by atoms with Gasteiger partial charge in [-0.05, 0) is 58.6 Å². The van der Waals surface area contributed by atoms with Gasteiger partial charge in [-0.1, -0.05) is 12.1 Å². The summed E-state index contributed by atoms with van der Waals surface area (Å²) < 4.78 is 13.5. The van der Waals surface area contributed by atoms with Crippen LogP contribution in [0.2, 0.25) is 0 Å². The van der Waals surface area contributed by atoms with E-state index in [2.05, 4.69) is 10.2 Å². The molecule has 0 aliphatic carbocycles. The molecule has 2 aromatic rings. The largest absolute Gasteiger partial charge is 0.507 e. The molecule has 0 unspecified atom stereocenters. The molecular weight excluding hydrogens is 375 g/mol. The molecular formula is C21H25FN4O3. The predicted molar refractivity (Wildman–Crippen MR) is 107 cm³/mol. The van der Waals surface area contributed by atoms with Crippen molar-refractivity contribution >= 4 is 17.4 Å². The van der Waals surface area contributed by atoms with Crippen molar-refractivity contribution in [1.82, 2.24) is 20.0 Å². The lowest BCUT2D eigenvalue weighted by atomic mass is 9.94. The molecule has 1 fully saturated rings. The summed E-state index contributed by atoms with van der Waals surface area (Å²) in [7, 11) is 3.85. The Morgan fingerprint density at radius 1 is 1.24 bits per heavy atom. The summed E-state index contributed by atoms with van der Waals surface area (Å²) in [6.07, 6.45) is 0.654. The molecule has 0 bridgehead atoms. The normalized spacial score (nSPS) is 18.8. The fourth-order valence-electron chi connectivity index (χ4n) is 3.69. The second kappa shape index (κ2) is 8.16. The highest BCUT2D eigenvalue weighted by atomic mass is 19.1. The van der Waals surface area contributed by atoms with Crippen molar-refractivity contribution in [2.24, 2.45) is 0 Å². The number of aryl methyl sites for hydroxylation is 2. The van der Waals surface area contributed by atoms with Crippen LogP contribution in [0.1, 0.15) is 35.0 Å². The Hall–Kier alpha value is -3.00. The van der Waals surface area contributed by atoms with E-state index in [1.165, 1.54) is 29.2 Å². The number of amides is 1. The molecule has 0 spiro atoms. The van der Waals surface area contributed by atoms with Crippen LogP contribution < -0.4 is 0 Å². The first-order chi connectivity index (χ1) is 13.7. The molecule has 1 aliphatic rings. The zero-order valence-electron chi connectivity index (χ0n) is 17.0. The Morgan fingerprint density at radius 2 is 1.90 bits per heavy atom. The number of hydrogen-bond donors (Lipinski definition) is 2. The number of carbonyl (C=O) groups excluding carboxylic acids is 2. The van der Waals surface area contributed by atoms with Crippen LogP contribution in [-0.2, 0) is 9.59 Å². The van der Waals surface area contributed by atoms with E-state index in [1.807, 2.05) is 19.0 Å². The van der Waals surface area contributed by atoms with Crippen LogP contribution in [-0.4, -0.2) is 64.0 Å². The molecule has 1 atom stereocenters. The lowest BCUT2D eigenvalue weighted by Crippen LogP contribution is -2.32. The minimum absolute atomic E-state index is 0.000869. The molecule has 8 heteroatoms. The number of nitrogens with zero attached hydrogens (tertiary/aromatic N) is 3. The number of benzene rings is 1. The molecule has 7 nitrogen and oxygen atoms in total. The van der Waals surface area contributed by atoms with Gasteiger partial charge in [-0.15, -0.1) is 0 Å². The van der Waals surface area contributed by atoms with Gasteiger partial charge in [-0.3, -0.25) is 14.7 Å². The number of H-pyrrole nitrogens is 1. The molecule has 0 saturated carbocycles. The number of nitrogens with one attached hydrogen (secondary N) is 1. The van der Waals surface area contributed by atoms with Crippen molar-refractivity contribution in [3.05, 3.63) is 58.2 Å². The SMILES string of the molecule is Cc1n[nH]c(C)c1C(O)=C1C(=O)C(=O)N(CCCN(C)C)[C@H]1c1ccc(F)cc1. The van der Waals surface area contributed by atoms with Crippen LogP contribution in [0.25, 0.3) is 5.76 Å². The van der Waals surface area contributed by atoms with Gasteiger partial charge in [-0.2, -0.15) is 5.10 Å². The number of rotatable bonds is 6. The number of aromatic nitrogens is 2. The van der Waals surface area contributed by atoms with Crippen molar-refractivity contribution in [1.29, 1.82) is 0 Å². The van der Waals surface area contributed by atoms with E-state index in [4.69, 9.17) is 0 Å². The lowest BCUT2D eigenvalue weighted by Gasteiger charge is -2.26. The highest BCUT2D eigenvalue weighted by Crippen LogP contribution is 2.40. The molecule has 0 radical (unpaired) electrons. The number of aliphatic hydroxyl groups is 1. The van der Waals surface area contributed by atoms with Crippen molar-refractivity contribution in [2.75, 3.05) is 27.2 Å². The summed E-state index contributed by atoms with van der Waals surface area (Å²) in [5, 5.41) is 17.9. The van der Waals surface area contributed by atoms with Gasteiger partial charge in [0.2, 0.25) is 0 Å². The Labute approximate surface area is 168 Å². The van der Waals surface area contributed by atoms with Crippen LogP contribution >= 0.6 is 0 Å². The molecule has 154 valence electrons. The lowest BCUT2D eigenvalue weighted by molar-refractivity contribution is -0.139. The van der Waals surface area contributed by atoms with E-state index in [1.54, 1.807) is 13.8 Å². The van der Waals surface area contributed by atoms with Crippen molar-refractivity contribution in [3.8, 4) is 0 Å². The number of aromatic amines is 1. The Bertz CT molecular complexity index is 943. The van der Waals surface area contributed by atoms with Gasteiger partial charge in [0.25, 0.3) is 11.7 Å². The van der Waals surface area contributed by atoms with Gasteiger partial charge in [0.1, 0.15) is 11.6 Å². The third kappa shape index (κ3) is 3.93. The number of carbonyl (C=O) groups is 2. The number of halogens is 1. The zero-order chi connectivity index (χ0) is 21.3. The number of hydrogen-bond acceptors (Lipinski definition) is 5. The van der Waals surface area contributed by atoms with E-state index in [0.29, 0.717) is 35.5 Å². The van der Waals surface area contributed by atoms with Gasteiger partial charge in [-0.25, -0.2) is 4.39 Å². The van der Waals surface area contributed by atoms with Gasteiger partial charge in [0, 0.05) is 12.2 Å². The maximum Gasteiger partial charge on any atom is 0.295 e. The summed E-state index contributed by atoms with van der Waals surface area (Å²) in [6, 6.07) is 4.85. The molecule has 1 aromatic heterocycles. The van der Waals surface area contributed by atoms with E-state index in [0.717, 1.165) is 6.54 Å². The predicted octanol–water partition coefficient (Wildman–Crippen LogP) is 2.54. The summed E-state index contributed by atoms with van der Waals surface area (Å²) in [5.41, 5.74) is 2.09. The first-order valence-corrected chi connectivity index (χ1v) is 9.43. The van der Waals surface area contributed by atoms with Crippen LogP contribution in [0.3, 0.4) is 0 Å². The van der Waals surface area contributed by atoms with Gasteiger partial charge in [0.15, 0.2) is 0 Å². The van der Waals surface area contributed by atoms with Crippen LogP contribution in [0, 0.1) is 19.7 Å². The summed E-state index contributed by atoms with van der Waals surface area (Å²) in [4.78, 5) is 29.1. The number of ketones is 1. The quantitative estimate of drug-likeness (QED) is 0.442. The van der Waals surface area contributed by atoms with Gasteiger partial charge >= 0.3 is 0 Å². The van der Waals surface area contributed by atoms with Crippen molar-refractivity contribution in [3.63, 3.8) is 0 Å². The monoisotopic (exact) mass is 400 g/mol. The maximum absolute atomic E-state index is 13.5. The number of likely N-dealkylation sites (tertiary alicyclic amines) is 1. The minimum Gasteiger partial charge on any atom is -0.507 e. The number of aliphatic hydroxyl groups excluding tert-OH is 1. The average molecular weight is 400 g/mol. The second-order valence-electron chi connectivity index (χ2n) is 7.51. The van der Waals surface area contributed by atoms with Gasteiger partial charge in [0.05, 0.1) is 22.9 Å². The molecule has 2 heterocycles. The second-order valence-corrected chi connectivity index (χ2v) is 7.51. The molecule has 2 N–H and O–H groups in total. The minimum atomic E-state index is -0.786. The van der Waals surface area contributed by atoms with Crippen LogP contribution in [0.15, 0.2) is 29.8 Å². The third-order valence-electron chi connectivity index (χ3n) is 5.09. The summed E-state index contributed by atoms with van der Waals surface area (Å²) in [5.74, 6) is -2.10. The molecule has 3 rings (SSSR count). The fourth-order valence-corrected chi connectivity index (χ4v) is 3.69. The molecule has 1 amide bonds. The van der Waals surface area contributed by atoms with E-state index in [-0.39, 0.29) is 11.3 Å². The third-order valence-corrected chi connectivity index (χ3v) is 5.09. The Balaban J connectivity index is 2.12. The first-order valence-electron chi connectivity index (χ1n) is 9.43. The van der Waals surface area contributed by atoms with Crippen molar-refractivity contribution < 1.29 is 19.1 Å². The molecule has 29 heavy (non-hydrogen) atoms. The average Bonchev–Trinajstić information content (AvgIpc) is 3.13. The van der Waals surface area contributed by atoms with Crippen molar-refractivity contribution in [2.45, 2.75) is 26.3 Å². The highest BCUT2D eigenvalue weighted by molar-refractivity contribution is 6.46. The highest BCUT2D eigenvalue weighted by Gasteiger charge is 2.46. The summed E-state index contributed by atoms with van der Waals surface area (Å²) >= 11 is 0. The molecule has 1 saturated heterocycles. The Morgan fingerprint density at radius 3 is 2.45 bits per heavy atom. The fraction of sp³-hybridized carbons (Fsp3) is 0.381. The van der Waals surface area contributed by atoms with Gasteiger partial charge < -0.3 is 14.9 Å². The zero-order valence-corrected chi connectivity index (χ0v) is 17.0. The molecule has 1 aromatic carbocycles. The van der Waals surface area contributed by atoms with Crippen LogP contribution in [0.5, 0.6) is 0 Å². The standard InChI is InChI=1S/C21H25FN4O3/c1-12-16(13(2)24-23-12)19(27)17-18(14-6-8-15(22)9-7-14)26(21(29)20(17)28)11-5-10-25(3)4/h6-9,18,27H,5,10-11H2,1-4H3,(H,23,24)/t18-/m0/s1. The topological polar surface area (TPSA) is 89.5 Å². The van der Waals surface area contributed by atoms with E-state index < -0.39 is 23.5 Å².